The highest BCUT2D eigenvalue weighted by Crippen LogP contribution is 2.38. The summed E-state index contributed by atoms with van der Waals surface area (Å²) in [4.78, 5) is 11.9. The van der Waals surface area contributed by atoms with Gasteiger partial charge in [0.05, 0.1) is 0 Å². The summed E-state index contributed by atoms with van der Waals surface area (Å²) in [7, 11) is 1.03. The van der Waals surface area contributed by atoms with Crippen molar-refractivity contribution in [3.8, 4) is 0 Å². The second-order valence-electron chi connectivity index (χ2n) is 5.07. The van der Waals surface area contributed by atoms with E-state index in [1.165, 1.54) is 0 Å². The van der Waals surface area contributed by atoms with Gasteiger partial charge in [0, 0.05) is 13.1 Å². The van der Waals surface area contributed by atoms with Gasteiger partial charge in [-0.2, -0.15) is 22.0 Å². The van der Waals surface area contributed by atoms with Crippen LogP contribution in [0.25, 0.3) is 0 Å². The van der Waals surface area contributed by atoms with E-state index < -0.39 is 24.0 Å². The lowest BCUT2D eigenvalue weighted by Gasteiger charge is -2.36. The molecule has 1 fully saturated rings. The van der Waals surface area contributed by atoms with E-state index in [9.17, 15) is 26.7 Å². The second-order valence-corrected chi connectivity index (χ2v) is 5.07. The van der Waals surface area contributed by atoms with Crippen molar-refractivity contribution in [1.82, 2.24) is 4.90 Å². The Morgan fingerprint density at radius 2 is 1.58 bits per heavy atom. The van der Waals surface area contributed by atoms with Crippen molar-refractivity contribution in [3.05, 3.63) is 0 Å². The van der Waals surface area contributed by atoms with E-state index in [0.29, 0.717) is 23.7 Å². The molecule has 2 nitrogen and oxygen atoms in total. The van der Waals surface area contributed by atoms with Crippen LogP contribution in [0, 0.1) is 5.92 Å². The van der Waals surface area contributed by atoms with Gasteiger partial charge >= 0.3 is 18.0 Å². The van der Waals surface area contributed by atoms with E-state index in [1.54, 1.807) is 0 Å². The Morgan fingerprint density at radius 3 is 1.95 bits per heavy atom. The SMILES string of the molecule is CCC1CCC(N(C)C(=O)C(F)(F)C(F)(F)F)CC1. The minimum Gasteiger partial charge on any atom is -0.337 e. The molecule has 112 valence electrons. The summed E-state index contributed by atoms with van der Waals surface area (Å²) < 4.78 is 62.3. The quantitative estimate of drug-likeness (QED) is 0.726. The molecule has 0 spiro atoms. The Bertz CT molecular complexity index is 321. The Balaban J connectivity index is 2.68. The van der Waals surface area contributed by atoms with Crippen LogP contribution in [0.2, 0.25) is 0 Å². The van der Waals surface area contributed by atoms with Crippen LogP contribution in [0.5, 0.6) is 0 Å². The van der Waals surface area contributed by atoms with Crippen LogP contribution in [-0.4, -0.2) is 36.0 Å². The number of nitrogens with zero attached hydrogens (tertiary/aromatic N) is 1. The zero-order valence-electron chi connectivity index (χ0n) is 10.9. The molecule has 1 amide bonds. The lowest BCUT2D eigenvalue weighted by molar-refractivity contribution is -0.274. The molecular weight excluding hydrogens is 269 g/mol. The van der Waals surface area contributed by atoms with Crippen molar-refractivity contribution < 1.29 is 26.7 Å². The van der Waals surface area contributed by atoms with E-state index in [1.807, 2.05) is 6.92 Å². The van der Waals surface area contributed by atoms with Gasteiger partial charge in [0.1, 0.15) is 0 Å². The molecule has 0 unspecified atom stereocenters. The lowest BCUT2D eigenvalue weighted by atomic mass is 9.84. The molecule has 0 radical (unpaired) electrons. The van der Waals surface area contributed by atoms with Gasteiger partial charge in [-0.3, -0.25) is 4.79 Å². The number of amides is 1. The van der Waals surface area contributed by atoms with E-state index in [2.05, 4.69) is 0 Å². The largest absolute Gasteiger partial charge is 0.463 e. The van der Waals surface area contributed by atoms with Crippen molar-refractivity contribution in [2.75, 3.05) is 7.05 Å². The normalized spacial score (nSPS) is 25.2. The number of hydrogen-bond acceptors (Lipinski definition) is 1. The molecular formula is C12H18F5NO. The summed E-state index contributed by atoms with van der Waals surface area (Å²) in [6.45, 7) is 2.01. The summed E-state index contributed by atoms with van der Waals surface area (Å²) in [6, 6.07) is -0.525. The first-order valence-electron chi connectivity index (χ1n) is 6.33. The first-order valence-corrected chi connectivity index (χ1v) is 6.33. The number of alkyl halides is 5. The fourth-order valence-electron chi connectivity index (χ4n) is 2.45. The van der Waals surface area contributed by atoms with Crippen molar-refractivity contribution in [2.24, 2.45) is 5.92 Å². The van der Waals surface area contributed by atoms with Gasteiger partial charge < -0.3 is 4.90 Å². The van der Waals surface area contributed by atoms with Crippen LogP contribution in [0.1, 0.15) is 39.0 Å². The van der Waals surface area contributed by atoms with Gasteiger partial charge in [0.2, 0.25) is 0 Å². The van der Waals surface area contributed by atoms with Gasteiger partial charge in [0.15, 0.2) is 0 Å². The van der Waals surface area contributed by atoms with Gasteiger partial charge in [0.25, 0.3) is 0 Å². The maximum atomic E-state index is 13.0. The Hall–Kier alpha value is -0.880. The van der Waals surface area contributed by atoms with Crippen molar-refractivity contribution >= 4 is 5.91 Å². The van der Waals surface area contributed by atoms with Crippen LogP contribution < -0.4 is 0 Å². The predicted molar refractivity (Wildman–Crippen MR) is 59.8 cm³/mol. The fraction of sp³-hybridized carbons (Fsp3) is 0.917. The summed E-state index contributed by atoms with van der Waals surface area (Å²) in [6.07, 6.45) is -2.39. The Kier molecular flexibility index (Phi) is 4.79. The molecule has 0 saturated heterocycles. The lowest BCUT2D eigenvalue weighted by Crippen LogP contribution is -2.54. The standard InChI is InChI=1S/C12H18F5NO/c1-3-8-4-6-9(7-5-8)18(2)10(19)11(13,14)12(15,16)17/h8-9H,3-7H2,1-2H3. The predicted octanol–water partition coefficient (Wildman–Crippen LogP) is 3.61. The van der Waals surface area contributed by atoms with Crippen LogP contribution in [-0.2, 0) is 4.79 Å². The Labute approximate surface area is 108 Å². The summed E-state index contributed by atoms with van der Waals surface area (Å²) in [5.41, 5.74) is 0. The molecule has 0 N–H and O–H groups in total. The monoisotopic (exact) mass is 287 g/mol. The van der Waals surface area contributed by atoms with Crippen molar-refractivity contribution in [2.45, 2.75) is 57.2 Å². The molecule has 1 aliphatic carbocycles. The summed E-state index contributed by atoms with van der Waals surface area (Å²) >= 11 is 0. The Morgan fingerprint density at radius 1 is 1.11 bits per heavy atom. The molecule has 19 heavy (non-hydrogen) atoms. The van der Waals surface area contributed by atoms with E-state index >= 15 is 0 Å². The molecule has 7 heteroatoms. The number of carbonyl (C=O) groups excluding carboxylic acids is 1. The maximum absolute atomic E-state index is 13.0. The maximum Gasteiger partial charge on any atom is 0.463 e. The van der Waals surface area contributed by atoms with Crippen LogP contribution in [0.15, 0.2) is 0 Å². The molecule has 0 heterocycles. The summed E-state index contributed by atoms with van der Waals surface area (Å²) in [5.74, 6) is -6.98. The van der Waals surface area contributed by atoms with Gasteiger partial charge in [-0.25, -0.2) is 0 Å². The van der Waals surface area contributed by atoms with Crippen molar-refractivity contribution in [1.29, 1.82) is 0 Å². The number of hydrogen-bond donors (Lipinski definition) is 0. The van der Waals surface area contributed by atoms with E-state index in [-0.39, 0.29) is 0 Å². The molecule has 1 saturated carbocycles. The minimum atomic E-state index is -5.83. The number of rotatable bonds is 3. The number of halogens is 5. The fourth-order valence-corrected chi connectivity index (χ4v) is 2.45. The molecule has 1 rings (SSSR count). The zero-order chi connectivity index (χ0) is 14.8. The van der Waals surface area contributed by atoms with Crippen LogP contribution >= 0.6 is 0 Å². The molecule has 0 aromatic rings. The third-order valence-electron chi connectivity index (χ3n) is 3.89. The van der Waals surface area contributed by atoms with Crippen LogP contribution in [0.3, 0.4) is 0 Å². The van der Waals surface area contributed by atoms with Gasteiger partial charge in [-0.15, -0.1) is 0 Å². The van der Waals surface area contributed by atoms with E-state index in [0.717, 1.165) is 26.3 Å². The molecule has 0 aromatic heterocycles. The van der Waals surface area contributed by atoms with Crippen molar-refractivity contribution in [3.63, 3.8) is 0 Å². The average molecular weight is 287 g/mol. The van der Waals surface area contributed by atoms with Crippen LogP contribution in [0.4, 0.5) is 22.0 Å². The topological polar surface area (TPSA) is 20.3 Å². The third kappa shape index (κ3) is 3.36. The van der Waals surface area contributed by atoms with Gasteiger partial charge in [-0.1, -0.05) is 13.3 Å². The van der Waals surface area contributed by atoms with E-state index in [4.69, 9.17) is 0 Å². The smallest absolute Gasteiger partial charge is 0.337 e. The zero-order valence-corrected chi connectivity index (χ0v) is 10.9. The molecule has 0 aromatic carbocycles. The minimum absolute atomic E-state index is 0.475. The second kappa shape index (κ2) is 5.63. The molecule has 0 bridgehead atoms. The first-order chi connectivity index (χ1) is 8.61. The number of carbonyl (C=O) groups is 1. The molecule has 1 aliphatic rings. The first kappa shape index (κ1) is 16.2. The molecule has 0 aliphatic heterocycles. The highest BCUT2D eigenvalue weighted by Gasteiger charge is 2.64. The average Bonchev–Trinajstić information content (AvgIpc) is 2.35. The third-order valence-corrected chi connectivity index (χ3v) is 3.89. The highest BCUT2D eigenvalue weighted by molar-refractivity contribution is 5.84. The highest BCUT2D eigenvalue weighted by atomic mass is 19.4. The summed E-state index contributed by atoms with van der Waals surface area (Å²) in [5, 5.41) is 0. The molecule has 0 atom stereocenters. The van der Waals surface area contributed by atoms with Gasteiger partial charge in [-0.05, 0) is 31.6 Å².